The van der Waals surface area contributed by atoms with Gasteiger partial charge in [-0.05, 0) is 48.0 Å². The highest BCUT2D eigenvalue weighted by Gasteiger charge is 2.33. The fraction of sp³-hybridized carbons (Fsp3) is 0.0417. The third-order valence-corrected chi connectivity index (χ3v) is 5.90. The molecule has 7 nitrogen and oxygen atoms in total. The van der Waals surface area contributed by atoms with Gasteiger partial charge in [-0.15, -0.1) is 0 Å². The van der Waals surface area contributed by atoms with Crippen molar-refractivity contribution < 1.29 is 28.4 Å². The average molecular weight is 481 g/mol. The Bertz CT molecular complexity index is 1330. The summed E-state index contributed by atoms with van der Waals surface area (Å²) in [6.07, 6.45) is 0.0396. The highest BCUT2D eigenvalue weighted by molar-refractivity contribution is 7.99. The number of nitrogens with one attached hydrogen (secondary N) is 3. The minimum Gasteiger partial charge on any atom is -0.350 e. The van der Waals surface area contributed by atoms with Gasteiger partial charge < -0.3 is 5.32 Å². The Morgan fingerprint density at radius 2 is 1.68 bits per heavy atom. The van der Waals surface area contributed by atoms with E-state index in [0.29, 0.717) is 5.69 Å². The van der Waals surface area contributed by atoms with E-state index in [1.165, 1.54) is 23.9 Å². The number of carbonyl (C=O) groups excluding carboxylic acids is 3. The first kappa shape index (κ1) is 23.1. The fourth-order valence-corrected chi connectivity index (χ4v) is 4.26. The van der Waals surface area contributed by atoms with Crippen LogP contribution in [0.15, 0.2) is 82.2 Å². The molecule has 3 aromatic carbocycles. The van der Waals surface area contributed by atoms with Gasteiger partial charge in [0.1, 0.15) is 5.70 Å². The smallest absolute Gasteiger partial charge is 0.275 e. The molecular weight excluding hydrogens is 464 g/mol. The van der Waals surface area contributed by atoms with Gasteiger partial charge in [0.25, 0.3) is 11.8 Å². The summed E-state index contributed by atoms with van der Waals surface area (Å²) in [5, 5.41) is 13.6. The predicted molar refractivity (Wildman–Crippen MR) is 121 cm³/mol. The minimum atomic E-state index is -1.22. The number of amides is 3. The molecule has 1 aliphatic rings. The number of imide groups is 1. The maximum atomic E-state index is 14.3. The van der Waals surface area contributed by atoms with Crippen LogP contribution in [0.2, 0.25) is 0 Å². The van der Waals surface area contributed by atoms with E-state index < -0.39 is 29.4 Å². The van der Waals surface area contributed by atoms with Crippen molar-refractivity contribution in [2.24, 2.45) is 0 Å². The Hall–Kier alpha value is -4.02. The van der Waals surface area contributed by atoms with Crippen LogP contribution in [0.1, 0.15) is 11.1 Å². The summed E-state index contributed by atoms with van der Waals surface area (Å²) in [4.78, 5) is 37.6. The van der Waals surface area contributed by atoms with E-state index in [1.54, 1.807) is 41.9 Å². The molecule has 4 rings (SSSR count). The Morgan fingerprint density at radius 3 is 2.41 bits per heavy atom. The van der Waals surface area contributed by atoms with Gasteiger partial charge in [0.05, 0.1) is 12.0 Å². The van der Waals surface area contributed by atoms with E-state index in [1.807, 2.05) is 12.1 Å². The number of halogens is 2. The van der Waals surface area contributed by atoms with Crippen LogP contribution < -0.4 is 16.1 Å². The van der Waals surface area contributed by atoms with E-state index >= 15 is 0 Å². The topological polar surface area (TPSA) is 108 Å². The second kappa shape index (κ2) is 9.86. The van der Waals surface area contributed by atoms with Crippen LogP contribution in [-0.4, -0.2) is 22.9 Å². The van der Waals surface area contributed by atoms with Gasteiger partial charge >= 0.3 is 0 Å². The van der Waals surface area contributed by atoms with Crippen molar-refractivity contribution in [2.75, 3.05) is 5.32 Å². The lowest BCUT2D eigenvalue weighted by molar-refractivity contribution is -0.128. The van der Waals surface area contributed by atoms with E-state index in [0.717, 1.165) is 21.4 Å². The summed E-state index contributed by atoms with van der Waals surface area (Å²) < 4.78 is 28.0. The number of rotatable bonds is 7. The lowest BCUT2D eigenvalue weighted by Gasteiger charge is -2.10. The second-order valence-electron chi connectivity index (χ2n) is 7.25. The Morgan fingerprint density at radius 1 is 0.941 bits per heavy atom. The quantitative estimate of drug-likeness (QED) is 0.233. The lowest BCUT2D eigenvalue weighted by atomic mass is 10.0. The summed E-state index contributed by atoms with van der Waals surface area (Å²) in [7, 11) is 0. The summed E-state index contributed by atoms with van der Waals surface area (Å²) >= 11 is 1.43. The summed E-state index contributed by atoms with van der Waals surface area (Å²) in [6, 6.07) is 17.6. The summed E-state index contributed by atoms with van der Waals surface area (Å²) in [5.41, 5.74) is 2.03. The Kier molecular flexibility index (Phi) is 6.71. The number of hydroxylamine groups is 1. The molecule has 0 bridgehead atoms. The standard InChI is InChI=1S/C24H17F2N3O4S/c25-18-6-2-5-17(21(18)26)20-22(24(32)28-23(20)31)27-14-7-9-15(10-8-14)34-16-4-1-3-13(11-16)12-19(30)29-33/h1-11,33H,12H2,(H,29,30)(H2,27,28,31,32). The van der Waals surface area contributed by atoms with Crippen molar-refractivity contribution in [1.82, 2.24) is 10.8 Å². The molecule has 1 heterocycles. The van der Waals surface area contributed by atoms with Crippen molar-refractivity contribution in [2.45, 2.75) is 16.2 Å². The molecule has 0 atom stereocenters. The van der Waals surface area contributed by atoms with Crippen molar-refractivity contribution in [3.63, 3.8) is 0 Å². The molecule has 0 radical (unpaired) electrons. The molecule has 0 saturated carbocycles. The molecule has 10 heteroatoms. The number of anilines is 1. The third-order valence-electron chi connectivity index (χ3n) is 4.90. The highest BCUT2D eigenvalue weighted by Crippen LogP contribution is 2.31. The van der Waals surface area contributed by atoms with Crippen LogP contribution in [0.25, 0.3) is 5.57 Å². The van der Waals surface area contributed by atoms with Gasteiger partial charge in [0.15, 0.2) is 11.6 Å². The second-order valence-corrected chi connectivity index (χ2v) is 8.39. The predicted octanol–water partition coefficient (Wildman–Crippen LogP) is 3.64. The first-order valence-corrected chi connectivity index (χ1v) is 10.8. The molecule has 3 amide bonds. The molecule has 0 spiro atoms. The maximum absolute atomic E-state index is 14.3. The van der Waals surface area contributed by atoms with E-state index in [4.69, 9.17) is 5.21 Å². The van der Waals surface area contributed by atoms with Gasteiger partial charge in [-0.3, -0.25) is 24.9 Å². The zero-order valence-electron chi connectivity index (χ0n) is 17.4. The van der Waals surface area contributed by atoms with E-state index in [2.05, 4.69) is 10.6 Å². The SMILES string of the molecule is O=C(Cc1cccc(Sc2ccc(NC3=C(c4cccc(F)c4F)C(=O)NC3=O)cc2)c1)NO. The molecule has 3 aromatic rings. The number of carbonyl (C=O) groups is 3. The van der Waals surface area contributed by atoms with Crippen molar-refractivity contribution in [3.8, 4) is 0 Å². The minimum absolute atomic E-state index is 0.0396. The van der Waals surface area contributed by atoms with Gasteiger partial charge in [-0.25, -0.2) is 14.3 Å². The van der Waals surface area contributed by atoms with Crippen molar-refractivity contribution in [3.05, 3.63) is 95.2 Å². The average Bonchev–Trinajstić information content (AvgIpc) is 3.09. The van der Waals surface area contributed by atoms with Crippen molar-refractivity contribution in [1.29, 1.82) is 0 Å². The van der Waals surface area contributed by atoms with E-state index in [-0.39, 0.29) is 23.3 Å². The Balaban J connectivity index is 1.54. The van der Waals surface area contributed by atoms with Gasteiger partial charge in [-0.1, -0.05) is 36.0 Å². The third kappa shape index (κ3) is 4.98. The van der Waals surface area contributed by atoms with Crippen molar-refractivity contribution >= 4 is 40.7 Å². The summed E-state index contributed by atoms with van der Waals surface area (Å²) in [5.74, 6) is -4.42. The molecule has 1 aliphatic heterocycles. The summed E-state index contributed by atoms with van der Waals surface area (Å²) in [6.45, 7) is 0. The molecule has 0 fully saturated rings. The van der Waals surface area contributed by atoms with Crippen LogP contribution in [0.5, 0.6) is 0 Å². The number of hydrogen-bond donors (Lipinski definition) is 4. The first-order valence-electron chi connectivity index (χ1n) is 9.97. The molecular formula is C24H17F2N3O4S. The zero-order chi connectivity index (χ0) is 24.2. The van der Waals surface area contributed by atoms with Gasteiger partial charge in [-0.2, -0.15) is 0 Å². The fourth-order valence-electron chi connectivity index (χ4n) is 3.36. The van der Waals surface area contributed by atoms with E-state index in [9.17, 15) is 23.2 Å². The van der Waals surface area contributed by atoms with Crippen LogP contribution in [0.4, 0.5) is 14.5 Å². The van der Waals surface area contributed by atoms with Gasteiger partial charge in [0.2, 0.25) is 5.91 Å². The largest absolute Gasteiger partial charge is 0.350 e. The molecule has 0 saturated heterocycles. The molecule has 4 N–H and O–H groups in total. The normalized spacial score (nSPS) is 13.1. The monoisotopic (exact) mass is 481 g/mol. The molecule has 0 aromatic heterocycles. The van der Waals surface area contributed by atoms with Crippen LogP contribution in [-0.2, 0) is 20.8 Å². The molecule has 172 valence electrons. The van der Waals surface area contributed by atoms with Crippen LogP contribution in [0.3, 0.4) is 0 Å². The molecule has 34 heavy (non-hydrogen) atoms. The van der Waals surface area contributed by atoms with Gasteiger partial charge in [0, 0.05) is 21.0 Å². The number of hydrogen-bond acceptors (Lipinski definition) is 6. The zero-order valence-corrected chi connectivity index (χ0v) is 18.2. The van der Waals surface area contributed by atoms with Crippen LogP contribution >= 0.6 is 11.8 Å². The lowest BCUT2D eigenvalue weighted by Crippen LogP contribution is -2.24. The maximum Gasteiger partial charge on any atom is 0.275 e. The molecule has 0 aliphatic carbocycles. The van der Waals surface area contributed by atoms with Crippen LogP contribution in [0, 0.1) is 11.6 Å². The number of benzene rings is 3. The molecule has 0 unspecified atom stereocenters. The highest BCUT2D eigenvalue weighted by atomic mass is 32.2. The first-order chi connectivity index (χ1) is 16.4. The Labute approximate surface area is 196 Å².